The van der Waals surface area contributed by atoms with Crippen LogP contribution in [0.2, 0.25) is 0 Å². The molecule has 0 aliphatic rings. The van der Waals surface area contributed by atoms with Crippen molar-refractivity contribution in [3.63, 3.8) is 0 Å². The molecule has 1 aromatic heterocycles. The highest BCUT2D eigenvalue weighted by Gasteiger charge is 2.16. The maximum absolute atomic E-state index is 12.8. The molecule has 1 heterocycles. The number of hydrogen-bond donors (Lipinski definition) is 2. The van der Waals surface area contributed by atoms with Crippen LogP contribution in [-0.4, -0.2) is 36.4 Å². The first kappa shape index (κ1) is 22.0. The van der Waals surface area contributed by atoms with E-state index in [1.54, 1.807) is 30.6 Å². The Bertz CT molecular complexity index is 1010. The standard InChI is InChI=1S/C25H28N4O2/c1-3-29(21-10-5-4-6-11-21)18-8-15-27-25(31)22-12-7-9-19(2)23(22)28-24(30)20-13-16-26-17-14-20/h4-7,9-14,16-17H,3,8,15,18H2,1-2H3,(H,27,31)(H,28,30). The Morgan fingerprint density at radius 3 is 2.39 bits per heavy atom. The van der Waals surface area contributed by atoms with Crippen LogP contribution in [0.1, 0.15) is 39.6 Å². The molecule has 6 heteroatoms. The van der Waals surface area contributed by atoms with Crippen molar-refractivity contribution in [3.8, 4) is 0 Å². The van der Waals surface area contributed by atoms with Crippen LogP contribution < -0.4 is 15.5 Å². The average molecular weight is 417 g/mol. The summed E-state index contributed by atoms with van der Waals surface area (Å²) in [5.74, 6) is -0.469. The molecule has 0 saturated heterocycles. The van der Waals surface area contributed by atoms with E-state index in [-0.39, 0.29) is 11.8 Å². The maximum atomic E-state index is 12.8. The zero-order chi connectivity index (χ0) is 22.1. The molecule has 0 aliphatic heterocycles. The molecule has 2 amide bonds. The highest BCUT2D eigenvalue weighted by molar-refractivity contribution is 6.09. The van der Waals surface area contributed by atoms with E-state index < -0.39 is 0 Å². The second-order valence-corrected chi connectivity index (χ2v) is 7.21. The number of anilines is 2. The fraction of sp³-hybridized carbons (Fsp3) is 0.240. The van der Waals surface area contributed by atoms with Crippen molar-refractivity contribution < 1.29 is 9.59 Å². The summed E-state index contributed by atoms with van der Waals surface area (Å²) in [5.41, 5.74) is 3.48. The minimum absolute atomic E-state index is 0.198. The number of aryl methyl sites for hydroxylation is 1. The highest BCUT2D eigenvalue weighted by Crippen LogP contribution is 2.21. The van der Waals surface area contributed by atoms with E-state index in [1.165, 1.54) is 5.69 Å². The number of para-hydroxylation sites is 2. The van der Waals surface area contributed by atoms with E-state index in [1.807, 2.05) is 37.3 Å². The van der Waals surface area contributed by atoms with E-state index >= 15 is 0 Å². The Hall–Kier alpha value is -3.67. The van der Waals surface area contributed by atoms with Crippen molar-refractivity contribution in [2.24, 2.45) is 0 Å². The number of amides is 2. The summed E-state index contributed by atoms with van der Waals surface area (Å²) in [7, 11) is 0. The third-order valence-corrected chi connectivity index (χ3v) is 5.09. The Morgan fingerprint density at radius 1 is 0.935 bits per heavy atom. The summed E-state index contributed by atoms with van der Waals surface area (Å²) in [4.78, 5) is 31.6. The number of carbonyl (C=O) groups excluding carboxylic acids is 2. The third kappa shape index (κ3) is 5.92. The van der Waals surface area contributed by atoms with Gasteiger partial charge < -0.3 is 15.5 Å². The Balaban J connectivity index is 1.60. The summed E-state index contributed by atoms with van der Waals surface area (Å²) in [6.07, 6.45) is 3.95. The molecule has 2 N–H and O–H groups in total. The number of nitrogens with zero attached hydrogens (tertiary/aromatic N) is 2. The number of carbonyl (C=O) groups is 2. The van der Waals surface area contributed by atoms with Crippen LogP contribution in [0.5, 0.6) is 0 Å². The molecule has 160 valence electrons. The van der Waals surface area contributed by atoms with Crippen molar-refractivity contribution in [1.29, 1.82) is 0 Å². The van der Waals surface area contributed by atoms with Gasteiger partial charge in [0.15, 0.2) is 0 Å². The van der Waals surface area contributed by atoms with Crippen LogP contribution in [0.3, 0.4) is 0 Å². The third-order valence-electron chi connectivity index (χ3n) is 5.09. The molecule has 3 aromatic rings. The molecule has 0 atom stereocenters. The molecular weight excluding hydrogens is 388 g/mol. The van der Waals surface area contributed by atoms with Crippen LogP contribution in [-0.2, 0) is 0 Å². The lowest BCUT2D eigenvalue weighted by Gasteiger charge is -2.23. The van der Waals surface area contributed by atoms with E-state index in [0.29, 0.717) is 23.4 Å². The van der Waals surface area contributed by atoms with Crippen molar-refractivity contribution in [3.05, 3.63) is 89.7 Å². The molecule has 0 aliphatic carbocycles. The molecule has 31 heavy (non-hydrogen) atoms. The van der Waals surface area contributed by atoms with Crippen LogP contribution >= 0.6 is 0 Å². The predicted molar refractivity (Wildman–Crippen MR) is 125 cm³/mol. The summed E-state index contributed by atoms with van der Waals surface area (Å²) in [6.45, 7) is 6.29. The quantitative estimate of drug-likeness (QED) is 0.511. The van der Waals surface area contributed by atoms with Gasteiger partial charge in [-0.1, -0.05) is 30.3 Å². The smallest absolute Gasteiger partial charge is 0.255 e. The molecule has 0 saturated carbocycles. The van der Waals surface area contributed by atoms with E-state index in [4.69, 9.17) is 0 Å². The first-order valence-corrected chi connectivity index (χ1v) is 10.5. The van der Waals surface area contributed by atoms with Gasteiger partial charge in [0.05, 0.1) is 11.3 Å². The first-order valence-electron chi connectivity index (χ1n) is 10.5. The lowest BCUT2D eigenvalue weighted by molar-refractivity contribution is 0.0954. The fourth-order valence-electron chi connectivity index (χ4n) is 3.39. The van der Waals surface area contributed by atoms with Crippen molar-refractivity contribution in [2.75, 3.05) is 29.9 Å². The summed E-state index contributed by atoms with van der Waals surface area (Å²) >= 11 is 0. The molecule has 0 spiro atoms. The zero-order valence-electron chi connectivity index (χ0n) is 18.0. The van der Waals surface area contributed by atoms with E-state index in [9.17, 15) is 9.59 Å². The van der Waals surface area contributed by atoms with E-state index in [2.05, 4.69) is 39.6 Å². The topological polar surface area (TPSA) is 74.3 Å². The molecule has 6 nitrogen and oxygen atoms in total. The monoisotopic (exact) mass is 416 g/mol. The van der Waals surface area contributed by atoms with E-state index in [0.717, 1.165) is 25.1 Å². The normalized spacial score (nSPS) is 10.4. The van der Waals surface area contributed by atoms with Crippen LogP contribution in [0.4, 0.5) is 11.4 Å². The molecule has 2 aromatic carbocycles. The Kier molecular flexibility index (Phi) is 7.76. The van der Waals surface area contributed by atoms with Gasteiger partial charge >= 0.3 is 0 Å². The summed E-state index contributed by atoms with van der Waals surface area (Å²) < 4.78 is 0. The van der Waals surface area contributed by atoms with Gasteiger partial charge in [-0.2, -0.15) is 0 Å². The molecular formula is C25H28N4O2. The van der Waals surface area contributed by atoms with Gasteiger partial charge in [-0.25, -0.2) is 0 Å². The largest absolute Gasteiger partial charge is 0.372 e. The van der Waals surface area contributed by atoms with Gasteiger partial charge in [-0.05, 0) is 56.2 Å². The number of pyridine rings is 1. The zero-order valence-corrected chi connectivity index (χ0v) is 18.0. The van der Waals surface area contributed by atoms with Crippen LogP contribution in [0.25, 0.3) is 0 Å². The number of aromatic nitrogens is 1. The number of hydrogen-bond acceptors (Lipinski definition) is 4. The second-order valence-electron chi connectivity index (χ2n) is 7.21. The molecule has 0 fully saturated rings. The lowest BCUT2D eigenvalue weighted by Crippen LogP contribution is -2.30. The van der Waals surface area contributed by atoms with Gasteiger partial charge in [0.25, 0.3) is 11.8 Å². The highest BCUT2D eigenvalue weighted by atomic mass is 16.2. The SMILES string of the molecule is CCN(CCCNC(=O)c1cccc(C)c1NC(=O)c1ccncc1)c1ccccc1. The minimum atomic E-state index is -0.271. The Labute approximate surface area is 183 Å². The second kappa shape index (κ2) is 10.9. The van der Waals surface area contributed by atoms with Crippen molar-refractivity contribution in [1.82, 2.24) is 10.3 Å². The van der Waals surface area contributed by atoms with Gasteiger partial charge in [0.2, 0.25) is 0 Å². The van der Waals surface area contributed by atoms with Gasteiger partial charge in [0, 0.05) is 43.3 Å². The number of rotatable bonds is 9. The average Bonchev–Trinajstić information content (AvgIpc) is 2.81. The van der Waals surface area contributed by atoms with Gasteiger partial charge in [-0.15, -0.1) is 0 Å². The lowest BCUT2D eigenvalue weighted by atomic mass is 10.1. The number of nitrogens with one attached hydrogen (secondary N) is 2. The minimum Gasteiger partial charge on any atom is -0.372 e. The molecule has 0 radical (unpaired) electrons. The van der Waals surface area contributed by atoms with Crippen LogP contribution in [0.15, 0.2) is 73.1 Å². The molecule has 0 unspecified atom stereocenters. The molecule has 3 rings (SSSR count). The first-order chi connectivity index (χ1) is 15.1. The fourth-order valence-corrected chi connectivity index (χ4v) is 3.39. The maximum Gasteiger partial charge on any atom is 0.255 e. The van der Waals surface area contributed by atoms with Crippen molar-refractivity contribution in [2.45, 2.75) is 20.3 Å². The summed E-state index contributed by atoms with van der Waals surface area (Å²) in [6, 6.07) is 18.9. The van der Waals surface area contributed by atoms with Crippen molar-refractivity contribution >= 4 is 23.2 Å². The molecule has 0 bridgehead atoms. The van der Waals surface area contributed by atoms with Gasteiger partial charge in [0.1, 0.15) is 0 Å². The predicted octanol–water partition coefficient (Wildman–Crippen LogP) is 4.29. The van der Waals surface area contributed by atoms with Crippen LogP contribution in [0, 0.1) is 6.92 Å². The number of benzene rings is 2. The summed E-state index contributed by atoms with van der Waals surface area (Å²) in [5, 5.41) is 5.86. The Morgan fingerprint density at radius 2 is 1.68 bits per heavy atom. The van der Waals surface area contributed by atoms with Gasteiger partial charge in [-0.3, -0.25) is 14.6 Å².